The first kappa shape index (κ1) is 29.2. The number of aromatic nitrogens is 2. The monoisotopic (exact) mass is 513 g/mol. The summed E-state index contributed by atoms with van der Waals surface area (Å²) in [5, 5.41) is 0.0876. The van der Waals surface area contributed by atoms with Crippen molar-refractivity contribution in [3.8, 4) is 0 Å². The van der Waals surface area contributed by atoms with Crippen LogP contribution in [0, 0.1) is 0 Å². The first-order valence-corrected chi connectivity index (χ1v) is 17.9. The van der Waals surface area contributed by atoms with Gasteiger partial charge in [0.15, 0.2) is 22.9 Å². The molecule has 1 fully saturated rings. The van der Waals surface area contributed by atoms with E-state index >= 15 is 0 Å². The molecule has 8 nitrogen and oxygen atoms in total. The fraction of sp³-hybridized carbons (Fsp3) is 0.833. The van der Waals surface area contributed by atoms with Gasteiger partial charge in [-0.25, -0.2) is 4.79 Å². The molecule has 2 rings (SSSR count). The van der Waals surface area contributed by atoms with Crippen molar-refractivity contribution >= 4 is 22.5 Å². The lowest BCUT2D eigenvalue weighted by Gasteiger charge is -2.41. The Balaban J connectivity index is 2.44. The molecule has 0 spiro atoms. The zero-order chi connectivity index (χ0) is 26.3. The third kappa shape index (κ3) is 6.20. The highest BCUT2D eigenvalue weighted by molar-refractivity contribution is 6.74. The molecule has 0 N–H and O–H groups in total. The summed E-state index contributed by atoms with van der Waals surface area (Å²) in [7, 11) is 1.18. The van der Waals surface area contributed by atoms with Crippen LogP contribution in [0.3, 0.4) is 0 Å². The SMILES string of the molecule is CO[C@H]1C(O[Si](C)(C)C(C)(C)C)[C@@H](CO[Si](C)(C)C(C)(C)C)O[C@H]1n1ccc(N(C)C)nc1=O. The molecule has 1 aliphatic rings. The van der Waals surface area contributed by atoms with E-state index in [1.807, 2.05) is 14.1 Å². The van der Waals surface area contributed by atoms with Crippen LogP contribution in [-0.2, 0) is 18.3 Å². The molecule has 0 aromatic carbocycles. The van der Waals surface area contributed by atoms with Crippen molar-refractivity contribution in [2.24, 2.45) is 0 Å². The number of hydrogen-bond donors (Lipinski definition) is 0. The van der Waals surface area contributed by atoms with Crippen LogP contribution in [0.5, 0.6) is 0 Å². The van der Waals surface area contributed by atoms with Gasteiger partial charge in [-0.05, 0) is 42.3 Å². The number of methoxy groups -OCH3 is 1. The van der Waals surface area contributed by atoms with Crippen molar-refractivity contribution in [3.63, 3.8) is 0 Å². The Morgan fingerprint density at radius 2 is 1.59 bits per heavy atom. The predicted molar refractivity (Wildman–Crippen MR) is 143 cm³/mol. The maximum atomic E-state index is 12.9. The quantitative estimate of drug-likeness (QED) is 0.469. The third-order valence-corrected chi connectivity index (χ3v) is 16.7. The first-order valence-electron chi connectivity index (χ1n) is 12.1. The van der Waals surface area contributed by atoms with Gasteiger partial charge in [-0.3, -0.25) is 4.57 Å². The van der Waals surface area contributed by atoms with Crippen molar-refractivity contribution < 1.29 is 18.3 Å². The fourth-order valence-corrected chi connectivity index (χ4v) is 5.66. The smallest absolute Gasteiger partial charge is 0.351 e. The maximum absolute atomic E-state index is 12.9. The van der Waals surface area contributed by atoms with Crippen molar-refractivity contribution in [2.45, 2.75) is 102 Å². The summed E-state index contributed by atoms with van der Waals surface area (Å²) in [6.45, 7) is 22.6. The minimum absolute atomic E-state index is 0.0139. The largest absolute Gasteiger partial charge is 0.414 e. The third-order valence-electron chi connectivity index (χ3n) is 7.76. The van der Waals surface area contributed by atoms with Crippen molar-refractivity contribution in [1.82, 2.24) is 9.55 Å². The molecule has 0 aliphatic carbocycles. The molecule has 2 heterocycles. The number of nitrogens with zero attached hydrogens (tertiary/aromatic N) is 3. The van der Waals surface area contributed by atoms with Crippen LogP contribution in [0.2, 0.25) is 36.3 Å². The molecular formula is C24H47N3O5Si2. The minimum Gasteiger partial charge on any atom is -0.414 e. The van der Waals surface area contributed by atoms with E-state index in [4.69, 9.17) is 18.3 Å². The van der Waals surface area contributed by atoms with Gasteiger partial charge < -0.3 is 23.2 Å². The number of rotatable bonds is 8. The van der Waals surface area contributed by atoms with Crippen LogP contribution in [0.25, 0.3) is 0 Å². The Morgan fingerprint density at radius 1 is 1.03 bits per heavy atom. The van der Waals surface area contributed by atoms with Crippen LogP contribution in [0.4, 0.5) is 5.82 Å². The lowest BCUT2D eigenvalue weighted by atomic mass is 10.1. The average molecular weight is 514 g/mol. The van der Waals surface area contributed by atoms with Crippen molar-refractivity contribution in [1.29, 1.82) is 0 Å². The zero-order valence-electron chi connectivity index (χ0n) is 23.6. The van der Waals surface area contributed by atoms with Crippen molar-refractivity contribution in [3.05, 3.63) is 22.7 Å². The summed E-state index contributed by atoms with van der Waals surface area (Å²) in [6.07, 6.45) is -0.113. The molecule has 196 valence electrons. The van der Waals surface area contributed by atoms with E-state index < -0.39 is 29.0 Å². The van der Waals surface area contributed by atoms with Gasteiger partial charge in [0.2, 0.25) is 0 Å². The van der Waals surface area contributed by atoms with E-state index in [2.05, 4.69) is 72.7 Å². The Morgan fingerprint density at radius 3 is 2.03 bits per heavy atom. The zero-order valence-corrected chi connectivity index (χ0v) is 25.6. The topological polar surface area (TPSA) is 75.1 Å². The minimum atomic E-state index is -2.16. The molecule has 1 saturated heterocycles. The van der Waals surface area contributed by atoms with E-state index in [0.717, 1.165) is 0 Å². The Labute approximate surface area is 208 Å². The highest BCUT2D eigenvalue weighted by Gasteiger charge is 2.52. The standard InChI is InChI=1S/C24H47N3O5Si2/c1-23(2,3)33(10,11)30-16-17-19(32-34(12,13)24(4,5)6)20(29-9)21(31-17)27-15-14-18(26(7)8)25-22(27)28/h14-15,17,19-21H,16H2,1-13H3/t17-,19?,20+,21-/m1/s1. The number of hydrogen-bond acceptors (Lipinski definition) is 7. The molecule has 1 aromatic rings. The second-order valence-electron chi connectivity index (χ2n) is 12.5. The van der Waals surface area contributed by atoms with Gasteiger partial charge in [0, 0.05) is 27.4 Å². The molecular weight excluding hydrogens is 466 g/mol. The normalized spacial score (nSPS) is 24.5. The Kier molecular flexibility index (Phi) is 8.70. The second-order valence-corrected chi connectivity index (χ2v) is 22.1. The van der Waals surface area contributed by atoms with Gasteiger partial charge in [0.1, 0.15) is 24.1 Å². The molecule has 0 bridgehead atoms. The summed E-state index contributed by atoms with van der Waals surface area (Å²) in [5.74, 6) is 0.597. The molecule has 34 heavy (non-hydrogen) atoms. The van der Waals surface area contributed by atoms with Crippen LogP contribution >= 0.6 is 0 Å². The predicted octanol–water partition coefficient (Wildman–Crippen LogP) is 4.63. The number of anilines is 1. The van der Waals surface area contributed by atoms with Gasteiger partial charge >= 0.3 is 5.69 Å². The van der Waals surface area contributed by atoms with Gasteiger partial charge in [0.05, 0.1) is 6.61 Å². The molecule has 0 amide bonds. The average Bonchev–Trinajstić information content (AvgIpc) is 3.00. The summed E-state index contributed by atoms with van der Waals surface area (Å²) in [4.78, 5) is 18.9. The van der Waals surface area contributed by atoms with Crippen LogP contribution in [-0.4, -0.2) is 72.3 Å². The molecule has 1 aromatic heterocycles. The summed E-state index contributed by atoms with van der Waals surface area (Å²) < 4.78 is 27.4. The molecule has 0 radical (unpaired) electrons. The lowest BCUT2D eigenvalue weighted by Crippen LogP contribution is -2.51. The van der Waals surface area contributed by atoms with Gasteiger partial charge in [-0.1, -0.05) is 41.5 Å². The van der Waals surface area contributed by atoms with E-state index in [1.54, 1.807) is 24.3 Å². The molecule has 0 saturated carbocycles. The Hall–Kier alpha value is -1.05. The van der Waals surface area contributed by atoms with Crippen molar-refractivity contribution in [2.75, 3.05) is 32.7 Å². The highest BCUT2D eigenvalue weighted by atomic mass is 28.4. The second kappa shape index (κ2) is 10.1. The first-order chi connectivity index (χ1) is 15.3. The molecule has 4 atom stereocenters. The van der Waals surface area contributed by atoms with Gasteiger partial charge in [0.25, 0.3) is 0 Å². The molecule has 1 unspecified atom stereocenters. The Bertz CT molecular complexity index is 890. The molecule has 10 heteroatoms. The molecule has 1 aliphatic heterocycles. The summed E-state index contributed by atoms with van der Waals surface area (Å²) in [5.41, 5.74) is -0.379. The van der Waals surface area contributed by atoms with E-state index in [0.29, 0.717) is 12.4 Å². The summed E-state index contributed by atoms with van der Waals surface area (Å²) >= 11 is 0. The van der Waals surface area contributed by atoms with Crippen LogP contribution in [0.15, 0.2) is 17.1 Å². The summed E-state index contributed by atoms with van der Waals surface area (Å²) in [6, 6.07) is 1.81. The highest BCUT2D eigenvalue weighted by Crippen LogP contribution is 2.43. The van der Waals surface area contributed by atoms with E-state index in [9.17, 15) is 4.79 Å². The van der Waals surface area contributed by atoms with Crippen LogP contribution < -0.4 is 10.6 Å². The number of ether oxygens (including phenoxy) is 2. The maximum Gasteiger partial charge on any atom is 0.351 e. The lowest BCUT2D eigenvalue weighted by molar-refractivity contribution is -0.0612. The van der Waals surface area contributed by atoms with E-state index in [-0.39, 0.29) is 28.0 Å². The van der Waals surface area contributed by atoms with E-state index in [1.165, 1.54) is 4.57 Å². The van der Waals surface area contributed by atoms with Crippen LogP contribution in [0.1, 0.15) is 47.8 Å². The van der Waals surface area contributed by atoms with Gasteiger partial charge in [-0.15, -0.1) is 0 Å². The fourth-order valence-electron chi connectivity index (χ4n) is 3.33. The van der Waals surface area contributed by atoms with Gasteiger partial charge in [-0.2, -0.15) is 4.98 Å².